The van der Waals surface area contributed by atoms with Gasteiger partial charge in [-0.15, -0.1) is 0 Å². The molecule has 3 aromatic heterocycles. The Balaban J connectivity index is 2.00. The summed E-state index contributed by atoms with van der Waals surface area (Å²) in [6, 6.07) is 0. The Hall–Kier alpha value is -2.56. The number of anilines is 1. The summed E-state index contributed by atoms with van der Waals surface area (Å²) >= 11 is 3.09. The molecule has 11 heteroatoms. The lowest BCUT2D eigenvalue weighted by Gasteiger charge is -2.01. The first kappa shape index (κ1) is 13.4. The molecule has 0 unspecified atom stereocenters. The van der Waals surface area contributed by atoms with E-state index in [2.05, 4.69) is 36.1 Å². The van der Waals surface area contributed by atoms with E-state index in [-0.39, 0.29) is 12.4 Å². The van der Waals surface area contributed by atoms with Crippen LogP contribution in [-0.4, -0.2) is 34.5 Å². The summed E-state index contributed by atoms with van der Waals surface area (Å²) < 4.78 is 3.25. The Morgan fingerprint density at radius 3 is 2.90 bits per heavy atom. The van der Waals surface area contributed by atoms with Crippen molar-refractivity contribution in [1.82, 2.24) is 29.5 Å². The molecule has 0 fully saturated rings. The number of fused-ring (bicyclic) bond motifs is 1. The van der Waals surface area contributed by atoms with Gasteiger partial charge in [0.25, 0.3) is 0 Å². The topological polar surface area (TPSA) is 131 Å². The van der Waals surface area contributed by atoms with E-state index in [1.807, 2.05) is 0 Å². The first-order valence-corrected chi connectivity index (χ1v) is 6.56. The molecule has 0 spiro atoms. The molecule has 108 valence electrons. The van der Waals surface area contributed by atoms with Crippen LogP contribution < -0.4 is 5.73 Å². The minimum absolute atomic E-state index is 0.164. The van der Waals surface area contributed by atoms with E-state index < -0.39 is 4.92 Å². The van der Waals surface area contributed by atoms with Gasteiger partial charge in [0.2, 0.25) is 0 Å². The summed E-state index contributed by atoms with van der Waals surface area (Å²) in [6.07, 6.45) is 3.08. The average molecular weight is 353 g/mol. The standard InChI is InChI=1S/C10H9BrN8O2/c1-17-9-5(2-13-17)8(12)14-7(15-9)4-18-3-6(11)10(16-18)19(20)21/h2-3H,4H2,1H3,(H2,12,14,15). The fraction of sp³-hybridized carbons (Fsp3) is 0.200. The second-order valence-corrected chi connectivity index (χ2v) is 5.14. The number of hydrogen-bond acceptors (Lipinski definition) is 7. The van der Waals surface area contributed by atoms with E-state index in [1.165, 1.54) is 10.9 Å². The van der Waals surface area contributed by atoms with Gasteiger partial charge in [-0.25, -0.2) is 9.97 Å². The van der Waals surface area contributed by atoms with Gasteiger partial charge in [0.1, 0.15) is 16.8 Å². The van der Waals surface area contributed by atoms with Crippen LogP contribution in [0.5, 0.6) is 0 Å². The highest BCUT2D eigenvalue weighted by atomic mass is 79.9. The van der Waals surface area contributed by atoms with Crippen LogP contribution in [-0.2, 0) is 13.6 Å². The highest BCUT2D eigenvalue weighted by Crippen LogP contribution is 2.23. The summed E-state index contributed by atoms with van der Waals surface area (Å²) in [5.41, 5.74) is 6.45. The number of aromatic nitrogens is 6. The van der Waals surface area contributed by atoms with E-state index in [0.29, 0.717) is 27.1 Å². The van der Waals surface area contributed by atoms with Crippen LogP contribution in [0.25, 0.3) is 11.0 Å². The highest BCUT2D eigenvalue weighted by molar-refractivity contribution is 9.10. The molecule has 0 aliphatic rings. The van der Waals surface area contributed by atoms with Crippen LogP contribution in [0.4, 0.5) is 11.6 Å². The monoisotopic (exact) mass is 352 g/mol. The fourth-order valence-electron chi connectivity index (χ4n) is 1.90. The summed E-state index contributed by atoms with van der Waals surface area (Å²) in [5.74, 6) is 0.446. The molecule has 3 aromatic rings. The molecule has 0 atom stereocenters. The molecule has 3 heterocycles. The van der Waals surface area contributed by atoms with Crippen molar-refractivity contribution >= 4 is 38.6 Å². The number of hydrogen-bond donors (Lipinski definition) is 1. The number of aryl methyl sites for hydroxylation is 1. The van der Waals surface area contributed by atoms with Crippen LogP contribution >= 0.6 is 15.9 Å². The smallest absolute Gasteiger partial charge is 0.383 e. The lowest BCUT2D eigenvalue weighted by molar-refractivity contribution is -0.390. The second-order valence-electron chi connectivity index (χ2n) is 4.29. The molecule has 10 nitrogen and oxygen atoms in total. The summed E-state index contributed by atoms with van der Waals surface area (Å²) in [4.78, 5) is 18.7. The van der Waals surface area contributed by atoms with Crippen molar-refractivity contribution < 1.29 is 4.92 Å². The van der Waals surface area contributed by atoms with Crippen molar-refractivity contribution in [3.05, 3.63) is 32.8 Å². The zero-order valence-electron chi connectivity index (χ0n) is 10.8. The Labute approximate surface area is 125 Å². The molecule has 2 N–H and O–H groups in total. The van der Waals surface area contributed by atoms with Gasteiger partial charge in [0.05, 0.1) is 22.9 Å². The molecule has 0 aromatic carbocycles. The molecular formula is C10H9BrN8O2. The van der Waals surface area contributed by atoms with E-state index in [1.54, 1.807) is 17.9 Å². The number of nitrogens with two attached hydrogens (primary N) is 1. The molecule has 21 heavy (non-hydrogen) atoms. The third-order valence-electron chi connectivity index (χ3n) is 2.84. The number of halogens is 1. The first-order chi connectivity index (χ1) is 9.95. The van der Waals surface area contributed by atoms with Gasteiger partial charge in [0, 0.05) is 7.05 Å². The Bertz CT molecular complexity index is 854. The number of rotatable bonds is 3. The molecule has 0 saturated heterocycles. The molecule has 0 aliphatic carbocycles. The van der Waals surface area contributed by atoms with Crippen molar-refractivity contribution in [2.24, 2.45) is 7.05 Å². The zero-order valence-corrected chi connectivity index (χ0v) is 12.4. The zero-order chi connectivity index (χ0) is 15.1. The maximum Gasteiger partial charge on any atom is 0.404 e. The van der Waals surface area contributed by atoms with E-state index in [0.717, 1.165) is 0 Å². The first-order valence-electron chi connectivity index (χ1n) is 5.77. The van der Waals surface area contributed by atoms with E-state index >= 15 is 0 Å². The maximum absolute atomic E-state index is 10.8. The second kappa shape index (κ2) is 4.77. The Morgan fingerprint density at radius 2 is 2.24 bits per heavy atom. The van der Waals surface area contributed by atoms with Gasteiger partial charge in [-0.3, -0.25) is 4.68 Å². The lowest BCUT2D eigenvalue weighted by atomic mass is 10.4. The molecule has 0 radical (unpaired) electrons. The summed E-state index contributed by atoms with van der Waals surface area (Å²) in [5, 5.41) is 19.3. The van der Waals surface area contributed by atoms with Gasteiger partial charge >= 0.3 is 5.82 Å². The van der Waals surface area contributed by atoms with Gasteiger partial charge in [-0.05, 0) is 20.9 Å². The van der Waals surface area contributed by atoms with Gasteiger partial charge in [0.15, 0.2) is 11.5 Å². The van der Waals surface area contributed by atoms with Gasteiger partial charge < -0.3 is 15.8 Å². The summed E-state index contributed by atoms with van der Waals surface area (Å²) in [7, 11) is 1.74. The van der Waals surface area contributed by atoms with Crippen molar-refractivity contribution in [2.75, 3.05) is 5.73 Å². The fourth-order valence-corrected chi connectivity index (χ4v) is 2.36. The molecule has 0 aliphatic heterocycles. The minimum atomic E-state index is -0.569. The average Bonchev–Trinajstić information content (AvgIpc) is 2.94. The molecule has 0 amide bonds. The van der Waals surface area contributed by atoms with E-state index in [9.17, 15) is 10.1 Å². The van der Waals surface area contributed by atoms with Crippen LogP contribution in [0.1, 0.15) is 5.82 Å². The van der Waals surface area contributed by atoms with Crippen LogP contribution in [0.2, 0.25) is 0 Å². The quantitative estimate of drug-likeness (QED) is 0.546. The van der Waals surface area contributed by atoms with Crippen molar-refractivity contribution in [1.29, 1.82) is 0 Å². The molecule has 3 rings (SSSR count). The van der Waals surface area contributed by atoms with Crippen molar-refractivity contribution in [3.63, 3.8) is 0 Å². The Morgan fingerprint density at radius 1 is 1.48 bits per heavy atom. The molecule has 0 bridgehead atoms. The lowest BCUT2D eigenvalue weighted by Crippen LogP contribution is -2.08. The van der Waals surface area contributed by atoms with Gasteiger partial charge in [-0.2, -0.15) is 9.78 Å². The largest absolute Gasteiger partial charge is 0.404 e. The Kier molecular flexibility index (Phi) is 3.05. The number of nitrogen functional groups attached to an aromatic ring is 1. The third-order valence-corrected chi connectivity index (χ3v) is 3.40. The maximum atomic E-state index is 10.8. The summed E-state index contributed by atoms with van der Waals surface area (Å²) in [6.45, 7) is 0.164. The van der Waals surface area contributed by atoms with Crippen LogP contribution in [0, 0.1) is 10.1 Å². The normalized spacial score (nSPS) is 11.1. The predicted octanol–water partition coefficient (Wildman–Crippen LogP) is 0.861. The minimum Gasteiger partial charge on any atom is -0.383 e. The highest BCUT2D eigenvalue weighted by Gasteiger charge is 2.19. The van der Waals surface area contributed by atoms with E-state index in [4.69, 9.17) is 5.73 Å². The number of nitrogens with zero attached hydrogens (tertiary/aromatic N) is 7. The number of nitro groups is 1. The van der Waals surface area contributed by atoms with Crippen LogP contribution in [0.15, 0.2) is 16.9 Å². The predicted molar refractivity (Wildman–Crippen MR) is 76.4 cm³/mol. The van der Waals surface area contributed by atoms with Crippen molar-refractivity contribution in [3.8, 4) is 0 Å². The SMILES string of the molecule is Cn1ncc2c(N)nc(Cn3cc(Br)c([N+](=O)[O-])n3)nc21. The molecular weight excluding hydrogens is 344 g/mol. The van der Waals surface area contributed by atoms with Crippen LogP contribution in [0.3, 0.4) is 0 Å². The third kappa shape index (κ3) is 2.31. The van der Waals surface area contributed by atoms with Gasteiger partial charge in [-0.1, -0.05) is 0 Å². The van der Waals surface area contributed by atoms with Crippen molar-refractivity contribution in [2.45, 2.75) is 6.54 Å². The molecule has 0 saturated carbocycles.